The summed E-state index contributed by atoms with van der Waals surface area (Å²) in [5.41, 5.74) is 5.25. The van der Waals surface area contributed by atoms with Crippen molar-refractivity contribution >= 4 is 34.6 Å². The van der Waals surface area contributed by atoms with Gasteiger partial charge in [-0.1, -0.05) is 12.2 Å². The number of hydrogen-bond acceptors (Lipinski definition) is 9. The summed E-state index contributed by atoms with van der Waals surface area (Å²) in [6.07, 6.45) is 6.18. The summed E-state index contributed by atoms with van der Waals surface area (Å²) in [5, 5.41) is 26.9. The molecule has 1 aromatic carbocycles. The van der Waals surface area contributed by atoms with E-state index in [0.717, 1.165) is 18.5 Å². The Morgan fingerprint density at radius 3 is 2.41 bits per heavy atom. The smallest absolute Gasteiger partial charge is 0.252 e. The Labute approximate surface area is 226 Å². The van der Waals surface area contributed by atoms with E-state index in [2.05, 4.69) is 5.18 Å². The van der Waals surface area contributed by atoms with Crippen molar-refractivity contribution in [2.75, 3.05) is 33.1 Å². The van der Waals surface area contributed by atoms with Crippen LogP contribution in [0.4, 0.5) is 11.4 Å². The van der Waals surface area contributed by atoms with Crippen LogP contribution in [-0.4, -0.2) is 72.4 Å². The quantitative estimate of drug-likeness (QED) is 0.226. The first-order valence-corrected chi connectivity index (χ1v) is 13.2. The van der Waals surface area contributed by atoms with Crippen LogP contribution < -0.4 is 10.6 Å². The largest absolute Gasteiger partial charge is 0.507 e. The molecule has 0 heterocycles. The normalized spacial score (nSPS) is 29.9. The topological polar surface area (TPSA) is 154 Å². The summed E-state index contributed by atoms with van der Waals surface area (Å²) in [5.74, 6) is -4.92. The number of aliphatic hydroxyl groups is 2. The lowest BCUT2D eigenvalue weighted by Crippen LogP contribution is -2.66. The second kappa shape index (κ2) is 9.24. The number of nitrogens with zero attached hydrogens (tertiary/aromatic N) is 3. The molecule has 1 fully saturated rings. The number of carbonyl (C=O) groups excluding carboxylic acids is 3. The Morgan fingerprint density at radius 1 is 1.18 bits per heavy atom. The lowest BCUT2D eigenvalue weighted by Gasteiger charge is -2.51. The second-order valence-electron chi connectivity index (χ2n) is 11.5. The number of benzene rings is 1. The molecule has 4 aliphatic rings. The maximum Gasteiger partial charge on any atom is 0.252 e. The third-order valence-electron chi connectivity index (χ3n) is 9.01. The molecule has 0 aliphatic heterocycles. The minimum Gasteiger partial charge on any atom is -0.507 e. The molecular formula is C29H34N4O6. The molecule has 5 atom stereocenters. The molecule has 0 radical (unpaired) electrons. The van der Waals surface area contributed by atoms with Crippen molar-refractivity contribution in [2.45, 2.75) is 50.2 Å². The number of Topliss-reactive ketones (excluding diaryl/α,β-unsaturated/α-hetero) is 2. The summed E-state index contributed by atoms with van der Waals surface area (Å²) < 4.78 is 0. The van der Waals surface area contributed by atoms with Crippen LogP contribution in [0.2, 0.25) is 0 Å². The van der Waals surface area contributed by atoms with E-state index in [0.29, 0.717) is 23.1 Å². The minimum atomic E-state index is -2.58. The zero-order valence-corrected chi connectivity index (χ0v) is 22.8. The highest BCUT2D eigenvalue weighted by atomic mass is 16.3. The molecule has 0 saturated heterocycles. The fraction of sp³-hybridized carbons (Fsp3) is 0.483. The number of aliphatic hydroxyl groups excluding tert-OH is 1. The fourth-order valence-electron chi connectivity index (χ4n) is 7.37. The SMILES string of the molecule is CC1=C(C(N)=O)C(=O)[C@@]2(O)C(=O)C3=C(O)c4c(c(N(C)C)cc(C5C=CCC5)c4N=O)C[C@H]3C[C@H]2[C@@H]1N(C)C. The highest BCUT2D eigenvalue weighted by Gasteiger charge is 2.64. The standard InChI is InChI=1S/C29H34N4O6/c1-13-20(28(30)37)26(35)29(38)18(24(13)33(4)5)11-15-10-17-19(32(2)3)12-16(14-8-6-7-9-14)23(31-39)22(17)25(34)21(15)27(29)36/h6,8,12,14-15,18,24,34,38H,7,9-11H2,1-5H3,(H2,30,37)/t14?,15-,18-,24+,29+/m0/s1. The molecule has 39 heavy (non-hydrogen) atoms. The number of likely N-dealkylation sites (N-methyl/N-ethyl adjacent to an activating group) is 1. The van der Waals surface area contributed by atoms with Gasteiger partial charge in [-0.15, -0.1) is 4.91 Å². The first kappa shape index (κ1) is 27.0. The number of amides is 1. The van der Waals surface area contributed by atoms with Crippen molar-refractivity contribution < 1.29 is 24.6 Å². The number of nitroso groups, excluding NO2 is 1. The van der Waals surface area contributed by atoms with E-state index < -0.39 is 52.3 Å². The van der Waals surface area contributed by atoms with Gasteiger partial charge in [-0.25, -0.2) is 0 Å². The molecule has 0 aromatic heterocycles. The summed E-state index contributed by atoms with van der Waals surface area (Å²) in [6.45, 7) is 1.62. The van der Waals surface area contributed by atoms with E-state index in [1.165, 1.54) is 0 Å². The number of allylic oxidation sites excluding steroid dienone is 2. The van der Waals surface area contributed by atoms with Crippen LogP contribution in [0, 0.1) is 16.7 Å². The molecule has 10 nitrogen and oxygen atoms in total. The van der Waals surface area contributed by atoms with Crippen LogP contribution in [0.1, 0.15) is 48.8 Å². The van der Waals surface area contributed by atoms with E-state index in [1.54, 1.807) is 25.9 Å². The van der Waals surface area contributed by atoms with Gasteiger partial charge < -0.3 is 25.7 Å². The molecule has 0 bridgehead atoms. The van der Waals surface area contributed by atoms with Gasteiger partial charge in [0.15, 0.2) is 5.60 Å². The predicted octanol–water partition coefficient (Wildman–Crippen LogP) is 2.66. The van der Waals surface area contributed by atoms with Gasteiger partial charge in [-0.3, -0.25) is 14.4 Å². The van der Waals surface area contributed by atoms with Crippen molar-refractivity contribution in [3.05, 3.63) is 56.5 Å². The third-order valence-corrected chi connectivity index (χ3v) is 9.01. The van der Waals surface area contributed by atoms with Crippen LogP contribution >= 0.6 is 0 Å². The van der Waals surface area contributed by atoms with E-state index in [9.17, 15) is 29.5 Å². The van der Waals surface area contributed by atoms with E-state index in [-0.39, 0.29) is 29.2 Å². The van der Waals surface area contributed by atoms with Crippen LogP contribution in [0.25, 0.3) is 5.76 Å². The summed E-state index contributed by atoms with van der Waals surface area (Å²) in [4.78, 5) is 56.0. The van der Waals surface area contributed by atoms with Crippen molar-refractivity contribution in [2.24, 2.45) is 22.7 Å². The monoisotopic (exact) mass is 534 g/mol. The van der Waals surface area contributed by atoms with Crippen LogP contribution in [0.3, 0.4) is 0 Å². The maximum absolute atomic E-state index is 14.1. The zero-order valence-electron chi connectivity index (χ0n) is 22.8. The fourth-order valence-corrected chi connectivity index (χ4v) is 7.37. The highest BCUT2D eigenvalue weighted by molar-refractivity contribution is 6.33. The molecule has 1 amide bonds. The van der Waals surface area contributed by atoms with Crippen molar-refractivity contribution in [3.8, 4) is 0 Å². The Hall–Kier alpha value is -3.63. The second-order valence-corrected chi connectivity index (χ2v) is 11.5. The zero-order chi connectivity index (χ0) is 28.5. The number of fused-ring (bicyclic) bond motifs is 3. The molecule has 4 N–H and O–H groups in total. The molecule has 1 aromatic rings. The number of rotatable bonds is 5. The van der Waals surface area contributed by atoms with Gasteiger partial charge >= 0.3 is 0 Å². The van der Waals surface area contributed by atoms with Crippen LogP contribution in [0.15, 0.2) is 40.1 Å². The molecular weight excluding hydrogens is 500 g/mol. The van der Waals surface area contributed by atoms with E-state index in [1.807, 2.05) is 37.2 Å². The van der Waals surface area contributed by atoms with E-state index >= 15 is 0 Å². The van der Waals surface area contributed by atoms with Gasteiger partial charge in [0.05, 0.1) is 11.1 Å². The molecule has 10 heteroatoms. The van der Waals surface area contributed by atoms with Gasteiger partial charge in [0.25, 0.3) is 5.91 Å². The van der Waals surface area contributed by atoms with Gasteiger partial charge in [0.2, 0.25) is 11.6 Å². The van der Waals surface area contributed by atoms with Crippen LogP contribution in [0.5, 0.6) is 0 Å². The van der Waals surface area contributed by atoms with Gasteiger partial charge in [0, 0.05) is 43.2 Å². The average molecular weight is 535 g/mol. The third kappa shape index (κ3) is 3.65. The summed E-state index contributed by atoms with van der Waals surface area (Å²) in [6, 6.07) is 1.33. The number of ketones is 2. The Morgan fingerprint density at radius 2 is 1.87 bits per heavy atom. The molecule has 5 rings (SSSR count). The molecule has 4 aliphatic carbocycles. The number of nitrogens with two attached hydrogens (primary N) is 1. The molecule has 1 saturated carbocycles. The minimum absolute atomic E-state index is 0.0622. The number of primary amides is 1. The lowest BCUT2D eigenvalue weighted by molar-refractivity contribution is -0.160. The number of hydrogen-bond donors (Lipinski definition) is 3. The van der Waals surface area contributed by atoms with Crippen molar-refractivity contribution in [3.63, 3.8) is 0 Å². The van der Waals surface area contributed by atoms with Gasteiger partial charge in [-0.05, 0) is 80.6 Å². The first-order valence-electron chi connectivity index (χ1n) is 13.2. The summed E-state index contributed by atoms with van der Waals surface area (Å²) in [7, 11) is 7.25. The first-order chi connectivity index (χ1) is 18.4. The number of carbonyl (C=O) groups is 3. The lowest BCUT2D eigenvalue weighted by atomic mass is 9.56. The van der Waals surface area contributed by atoms with Gasteiger partial charge in [0.1, 0.15) is 11.4 Å². The van der Waals surface area contributed by atoms with E-state index in [4.69, 9.17) is 5.73 Å². The van der Waals surface area contributed by atoms with Crippen molar-refractivity contribution in [1.82, 2.24) is 4.90 Å². The summed E-state index contributed by atoms with van der Waals surface area (Å²) >= 11 is 0. The molecule has 206 valence electrons. The van der Waals surface area contributed by atoms with Gasteiger partial charge in [-0.2, -0.15) is 0 Å². The van der Waals surface area contributed by atoms with Crippen molar-refractivity contribution in [1.29, 1.82) is 0 Å². The highest BCUT2D eigenvalue weighted by Crippen LogP contribution is 2.54. The predicted molar refractivity (Wildman–Crippen MR) is 147 cm³/mol. The Kier molecular flexibility index (Phi) is 6.38. The molecule has 0 spiro atoms. The molecule has 1 unspecified atom stereocenters. The Balaban J connectivity index is 1.76. The average Bonchev–Trinajstić information content (AvgIpc) is 3.39. The Bertz CT molecular complexity index is 1420. The number of anilines is 1. The van der Waals surface area contributed by atoms with Crippen LogP contribution in [-0.2, 0) is 20.8 Å². The maximum atomic E-state index is 14.1.